The first kappa shape index (κ1) is 16.1. The van der Waals surface area contributed by atoms with Crippen LogP contribution in [0.25, 0.3) is 0 Å². The number of rotatable bonds is 6. The number of aliphatic carboxylic acids is 1. The number of H-pyrrole nitrogens is 1. The Morgan fingerprint density at radius 3 is 3.05 bits per heavy atom. The minimum atomic E-state index is -0.859. The standard InChI is InChI=1S/C13H22N4O3S/c1-3-7-17-11(20)15-16-12(17)21-9-5-4-6-13(8-9,14-2)10(18)19/h9,14H,3-8H2,1-2H3,(H,15,20)(H,18,19). The second-order valence-electron chi connectivity index (χ2n) is 5.44. The Morgan fingerprint density at radius 2 is 2.43 bits per heavy atom. The Bertz CT molecular complexity index is 556. The van der Waals surface area contributed by atoms with Crippen LogP contribution in [0.15, 0.2) is 9.95 Å². The number of aromatic nitrogens is 3. The Morgan fingerprint density at radius 1 is 1.67 bits per heavy atom. The number of hydrogen-bond acceptors (Lipinski definition) is 5. The molecule has 0 aromatic carbocycles. The SMILES string of the molecule is CCCn1c(SC2CCCC(NC)(C(=O)O)C2)n[nH]c1=O. The lowest BCUT2D eigenvalue weighted by Crippen LogP contribution is -2.53. The van der Waals surface area contributed by atoms with Crippen LogP contribution in [0.3, 0.4) is 0 Å². The van der Waals surface area contributed by atoms with Gasteiger partial charge in [-0.1, -0.05) is 18.7 Å². The fourth-order valence-corrected chi connectivity index (χ4v) is 4.17. The summed E-state index contributed by atoms with van der Waals surface area (Å²) in [5.41, 5.74) is -1.06. The number of nitrogens with one attached hydrogen (secondary N) is 2. The van der Waals surface area contributed by atoms with Gasteiger partial charge in [0.2, 0.25) is 0 Å². The van der Waals surface area contributed by atoms with Gasteiger partial charge in [0.25, 0.3) is 0 Å². The highest BCUT2D eigenvalue weighted by Gasteiger charge is 2.42. The molecule has 3 N–H and O–H groups in total. The van der Waals surface area contributed by atoms with Crippen molar-refractivity contribution in [3.05, 3.63) is 10.5 Å². The van der Waals surface area contributed by atoms with Gasteiger partial charge in [0.05, 0.1) is 0 Å². The number of thioether (sulfide) groups is 1. The third-order valence-corrected chi connectivity index (χ3v) is 5.29. The van der Waals surface area contributed by atoms with Crippen molar-refractivity contribution >= 4 is 17.7 Å². The van der Waals surface area contributed by atoms with Gasteiger partial charge in [-0.2, -0.15) is 0 Å². The lowest BCUT2D eigenvalue weighted by molar-refractivity contribution is -0.146. The molecule has 0 bridgehead atoms. The molecule has 1 aromatic rings. The number of carbonyl (C=O) groups is 1. The van der Waals surface area contributed by atoms with Crippen LogP contribution in [0.1, 0.15) is 39.0 Å². The zero-order chi connectivity index (χ0) is 15.5. The molecular weight excluding hydrogens is 292 g/mol. The molecule has 0 amide bonds. The van der Waals surface area contributed by atoms with Gasteiger partial charge < -0.3 is 10.4 Å². The number of carboxylic acid groups (broad SMARTS) is 1. The van der Waals surface area contributed by atoms with Gasteiger partial charge in [0.15, 0.2) is 5.16 Å². The van der Waals surface area contributed by atoms with Crippen LogP contribution in [-0.2, 0) is 11.3 Å². The van der Waals surface area contributed by atoms with E-state index in [0.717, 1.165) is 19.3 Å². The van der Waals surface area contributed by atoms with Gasteiger partial charge in [0.1, 0.15) is 5.54 Å². The van der Waals surface area contributed by atoms with Crippen molar-refractivity contribution in [2.24, 2.45) is 0 Å². The van der Waals surface area contributed by atoms with Crippen molar-refractivity contribution in [3.63, 3.8) is 0 Å². The molecule has 0 spiro atoms. The highest BCUT2D eigenvalue weighted by atomic mass is 32.2. The summed E-state index contributed by atoms with van der Waals surface area (Å²) in [6.07, 6.45) is 3.82. The minimum absolute atomic E-state index is 0.146. The van der Waals surface area contributed by atoms with E-state index in [0.29, 0.717) is 24.5 Å². The summed E-state index contributed by atoms with van der Waals surface area (Å²) >= 11 is 1.50. The Labute approximate surface area is 127 Å². The zero-order valence-electron chi connectivity index (χ0n) is 12.4. The molecule has 2 unspecified atom stereocenters. The van der Waals surface area contributed by atoms with Gasteiger partial charge in [0, 0.05) is 11.8 Å². The van der Waals surface area contributed by atoms with Crippen molar-refractivity contribution in [3.8, 4) is 0 Å². The lowest BCUT2D eigenvalue weighted by atomic mass is 9.81. The van der Waals surface area contributed by atoms with Crippen LogP contribution < -0.4 is 11.0 Å². The van der Waals surface area contributed by atoms with E-state index in [1.165, 1.54) is 11.8 Å². The number of aromatic amines is 1. The summed E-state index contributed by atoms with van der Waals surface area (Å²) in [5, 5.41) is 19.8. The molecule has 21 heavy (non-hydrogen) atoms. The molecule has 1 aliphatic carbocycles. The van der Waals surface area contributed by atoms with E-state index in [2.05, 4.69) is 15.5 Å². The van der Waals surface area contributed by atoms with E-state index in [9.17, 15) is 14.7 Å². The van der Waals surface area contributed by atoms with Crippen LogP contribution in [-0.4, -0.2) is 43.7 Å². The van der Waals surface area contributed by atoms with Crippen molar-refractivity contribution in [1.29, 1.82) is 0 Å². The summed E-state index contributed by atoms with van der Waals surface area (Å²) in [4.78, 5) is 23.2. The van der Waals surface area contributed by atoms with Crippen LogP contribution >= 0.6 is 11.8 Å². The largest absolute Gasteiger partial charge is 0.480 e. The second-order valence-corrected chi connectivity index (χ2v) is 6.70. The minimum Gasteiger partial charge on any atom is -0.480 e. The highest BCUT2D eigenvalue weighted by Crippen LogP contribution is 2.37. The Kier molecular flexibility index (Phi) is 5.10. The van der Waals surface area contributed by atoms with Crippen LogP contribution in [0.5, 0.6) is 0 Å². The smallest absolute Gasteiger partial charge is 0.343 e. The monoisotopic (exact) mass is 314 g/mol. The number of likely N-dealkylation sites (N-methyl/N-ethyl adjacent to an activating group) is 1. The molecular formula is C13H22N4O3S. The van der Waals surface area contributed by atoms with Crippen LogP contribution in [0.4, 0.5) is 0 Å². The molecule has 1 fully saturated rings. The maximum absolute atomic E-state index is 11.7. The zero-order valence-corrected chi connectivity index (χ0v) is 13.2. The quantitative estimate of drug-likeness (QED) is 0.726. The van der Waals surface area contributed by atoms with E-state index >= 15 is 0 Å². The third kappa shape index (κ3) is 3.32. The molecule has 1 aromatic heterocycles. The van der Waals surface area contributed by atoms with E-state index in [4.69, 9.17) is 0 Å². The predicted molar refractivity (Wildman–Crippen MR) is 80.7 cm³/mol. The van der Waals surface area contributed by atoms with Gasteiger partial charge in [-0.05, 0) is 39.2 Å². The fraction of sp³-hybridized carbons (Fsp3) is 0.769. The first-order valence-corrected chi connectivity index (χ1v) is 8.14. The number of hydrogen-bond donors (Lipinski definition) is 3. The van der Waals surface area contributed by atoms with Gasteiger partial charge >= 0.3 is 11.7 Å². The summed E-state index contributed by atoms with van der Waals surface area (Å²) in [6, 6.07) is 0. The number of carboxylic acids is 1. The molecule has 7 nitrogen and oxygen atoms in total. The average molecular weight is 314 g/mol. The molecule has 1 heterocycles. The highest BCUT2D eigenvalue weighted by molar-refractivity contribution is 7.99. The van der Waals surface area contributed by atoms with E-state index < -0.39 is 11.5 Å². The number of nitrogens with zero attached hydrogens (tertiary/aromatic N) is 2. The molecule has 0 radical (unpaired) electrons. The third-order valence-electron chi connectivity index (χ3n) is 4.04. The molecule has 0 aliphatic heterocycles. The summed E-state index contributed by atoms with van der Waals surface area (Å²) in [6.45, 7) is 2.63. The van der Waals surface area contributed by atoms with E-state index in [1.54, 1.807) is 11.6 Å². The first-order chi connectivity index (χ1) is 10.0. The van der Waals surface area contributed by atoms with Gasteiger partial charge in [-0.25, -0.2) is 9.89 Å². The second kappa shape index (κ2) is 6.65. The van der Waals surface area contributed by atoms with E-state index in [-0.39, 0.29) is 10.9 Å². The molecule has 8 heteroatoms. The van der Waals surface area contributed by atoms with Crippen LogP contribution in [0, 0.1) is 0 Å². The van der Waals surface area contributed by atoms with Crippen LogP contribution in [0.2, 0.25) is 0 Å². The maximum atomic E-state index is 11.7. The molecule has 0 saturated heterocycles. The summed E-state index contributed by atoms with van der Waals surface area (Å²) in [7, 11) is 1.70. The lowest BCUT2D eigenvalue weighted by Gasteiger charge is -2.36. The maximum Gasteiger partial charge on any atom is 0.343 e. The first-order valence-electron chi connectivity index (χ1n) is 7.26. The summed E-state index contributed by atoms with van der Waals surface area (Å²) in [5.74, 6) is -0.803. The van der Waals surface area contributed by atoms with Gasteiger partial charge in [-0.3, -0.25) is 9.36 Å². The molecule has 118 valence electrons. The average Bonchev–Trinajstić information content (AvgIpc) is 2.80. The molecule has 2 atom stereocenters. The van der Waals surface area contributed by atoms with Crippen molar-refractivity contribution < 1.29 is 9.90 Å². The van der Waals surface area contributed by atoms with Crippen molar-refractivity contribution in [2.45, 2.75) is 61.5 Å². The molecule has 1 aliphatic rings. The topological polar surface area (TPSA) is 100 Å². The summed E-state index contributed by atoms with van der Waals surface area (Å²) < 4.78 is 1.63. The predicted octanol–water partition coefficient (Wildman–Crippen LogP) is 1.06. The normalized spacial score (nSPS) is 25.9. The van der Waals surface area contributed by atoms with Crippen molar-refractivity contribution in [1.82, 2.24) is 20.1 Å². The van der Waals surface area contributed by atoms with Gasteiger partial charge in [-0.15, -0.1) is 5.10 Å². The fourth-order valence-electron chi connectivity index (χ4n) is 2.82. The van der Waals surface area contributed by atoms with Crippen molar-refractivity contribution in [2.75, 3.05) is 7.05 Å². The Balaban J connectivity index is 2.13. The molecule has 1 saturated carbocycles. The van der Waals surface area contributed by atoms with E-state index in [1.807, 2.05) is 6.92 Å². The molecule has 2 rings (SSSR count). The Hall–Kier alpha value is -1.28.